The summed E-state index contributed by atoms with van der Waals surface area (Å²) < 4.78 is 10.1. The van der Waals surface area contributed by atoms with E-state index in [-0.39, 0.29) is 0 Å². The van der Waals surface area contributed by atoms with Crippen LogP contribution in [0.5, 0.6) is 11.5 Å². The van der Waals surface area contributed by atoms with Gasteiger partial charge in [0.05, 0.1) is 24.8 Å². The molecule has 76 valence electrons. The van der Waals surface area contributed by atoms with Crippen molar-refractivity contribution in [1.82, 2.24) is 0 Å². The highest BCUT2D eigenvalue weighted by Gasteiger charge is 2.15. The fourth-order valence-electron chi connectivity index (χ4n) is 1.23. The molecule has 14 heavy (non-hydrogen) atoms. The molecule has 4 heteroatoms. The minimum Gasteiger partial charge on any atom is -0.496 e. The summed E-state index contributed by atoms with van der Waals surface area (Å²) in [6.07, 6.45) is 0.670. The number of rotatable bonds is 3. The Labute approximate surface area is 87.6 Å². The third-order valence-corrected chi connectivity index (χ3v) is 2.41. The molecule has 0 spiro atoms. The van der Waals surface area contributed by atoms with Crippen molar-refractivity contribution in [2.45, 2.75) is 6.92 Å². The quantitative estimate of drug-likeness (QED) is 0.726. The maximum absolute atomic E-state index is 10.8. The molecule has 0 bridgehead atoms. The number of halogens is 1. The molecule has 0 aliphatic heterocycles. The van der Waals surface area contributed by atoms with Crippen LogP contribution in [0.25, 0.3) is 0 Å². The summed E-state index contributed by atoms with van der Waals surface area (Å²) in [5, 5.41) is 0.440. The van der Waals surface area contributed by atoms with Crippen molar-refractivity contribution in [3.05, 3.63) is 22.2 Å². The lowest BCUT2D eigenvalue weighted by molar-refractivity contribution is 0.111. The molecule has 0 unspecified atom stereocenters. The molecule has 0 N–H and O–H groups in total. The zero-order valence-corrected chi connectivity index (χ0v) is 9.01. The van der Waals surface area contributed by atoms with Crippen molar-refractivity contribution < 1.29 is 14.3 Å². The van der Waals surface area contributed by atoms with Crippen LogP contribution < -0.4 is 9.47 Å². The topological polar surface area (TPSA) is 35.5 Å². The average Bonchev–Trinajstić information content (AvgIpc) is 2.20. The Kier molecular flexibility index (Phi) is 3.36. The van der Waals surface area contributed by atoms with E-state index in [0.29, 0.717) is 28.4 Å². The van der Waals surface area contributed by atoms with Gasteiger partial charge in [-0.2, -0.15) is 0 Å². The zero-order chi connectivity index (χ0) is 10.7. The van der Waals surface area contributed by atoms with Crippen LogP contribution in [0.1, 0.15) is 15.9 Å². The number of methoxy groups -OCH3 is 2. The molecular weight excluding hydrogens is 204 g/mol. The molecule has 0 saturated heterocycles. The van der Waals surface area contributed by atoms with Crippen molar-refractivity contribution in [3.8, 4) is 11.5 Å². The van der Waals surface area contributed by atoms with Crippen molar-refractivity contribution in [2.75, 3.05) is 14.2 Å². The summed E-state index contributed by atoms with van der Waals surface area (Å²) in [4.78, 5) is 10.8. The number of ether oxygens (including phenoxy) is 2. The van der Waals surface area contributed by atoms with E-state index >= 15 is 0 Å². The second-order valence-electron chi connectivity index (χ2n) is 2.77. The maximum atomic E-state index is 10.8. The number of hydrogen-bond donors (Lipinski definition) is 0. The number of hydrogen-bond acceptors (Lipinski definition) is 3. The molecule has 0 heterocycles. The van der Waals surface area contributed by atoms with Gasteiger partial charge in [-0.15, -0.1) is 0 Å². The average molecular weight is 215 g/mol. The van der Waals surface area contributed by atoms with Gasteiger partial charge in [0.2, 0.25) is 0 Å². The minimum absolute atomic E-state index is 0.339. The van der Waals surface area contributed by atoms with Crippen molar-refractivity contribution in [3.63, 3.8) is 0 Å². The van der Waals surface area contributed by atoms with Crippen molar-refractivity contribution in [2.24, 2.45) is 0 Å². The van der Waals surface area contributed by atoms with Gasteiger partial charge in [-0.25, -0.2) is 0 Å². The highest BCUT2D eigenvalue weighted by atomic mass is 35.5. The Morgan fingerprint density at radius 2 is 2.00 bits per heavy atom. The van der Waals surface area contributed by atoms with Gasteiger partial charge < -0.3 is 9.47 Å². The summed E-state index contributed by atoms with van der Waals surface area (Å²) in [7, 11) is 2.96. The lowest BCUT2D eigenvalue weighted by Crippen LogP contribution is -1.97. The monoisotopic (exact) mass is 214 g/mol. The van der Waals surface area contributed by atoms with Crippen LogP contribution in [0.4, 0.5) is 0 Å². The number of carbonyl (C=O) groups excluding carboxylic acids is 1. The molecule has 0 atom stereocenters. The van der Waals surface area contributed by atoms with E-state index < -0.39 is 0 Å². The first kappa shape index (κ1) is 10.9. The second-order valence-corrected chi connectivity index (χ2v) is 3.15. The molecule has 1 aromatic rings. The van der Waals surface area contributed by atoms with E-state index in [1.165, 1.54) is 14.2 Å². The van der Waals surface area contributed by atoms with Crippen molar-refractivity contribution >= 4 is 17.9 Å². The van der Waals surface area contributed by atoms with E-state index in [4.69, 9.17) is 21.1 Å². The van der Waals surface area contributed by atoms with Gasteiger partial charge in [-0.1, -0.05) is 11.6 Å². The Morgan fingerprint density at radius 1 is 1.36 bits per heavy atom. The normalized spacial score (nSPS) is 9.71. The molecule has 0 aromatic heterocycles. The number of benzene rings is 1. The highest BCUT2D eigenvalue weighted by molar-refractivity contribution is 6.33. The Bertz CT molecular complexity index is 361. The van der Waals surface area contributed by atoms with E-state index in [1.807, 2.05) is 6.92 Å². The SMILES string of the molecule is COc1cc(C)c(Cl)c(OC)c1C=O. The lowest BCUT2D eigenvalue weighted by atomic mass is 10.1. The summed E-state index contributed by atoms with van der Waals surface area (Å²) in [5.41, 5.74) is 1.15. The fraction of sp³-hybridized carbons (Fsp3) is 0.300. The predicted octanol–water partition coefficient (Wildman–Crippen LogP) is 2.48. The van der Waals surface area contributed by atoms with Crippen LogP contribution >= 0.6 is 11.6 Å². The standard InChI is InChI=1S/C10H11ClO3/c1-6-4-8(13-2)7(5-12)10(14-3)9(6)11/h4-5H,1-3H3. The molecule has 0 radical (unpaired) electrons. The first-order chi connectivity index (χ1) is 6.65. The summed E-state index contributed by atoms with van der Waals surface area (Å²) in [5.74, 6) is 0.831. The Morgan fingerprint density at radius 3 is 2.43 bits per heavy atom. The lowest BCUT2D eigenvalue weighted by Gasteiger charge is -2.12. The zero-order valence-electron chi connectivity index (χ0n) is 8.26. The first-order valence-electron chi connectivity index (χ1n) is 4.02. The summed E-state index contributed by atoms with van der Waals surface area (Å²) >= 11 is 5.97. The molecule has 0 fully saturated rings. The van der Waals surface area contributed by atoms with Gasteiger partial charge >= 0.3 is 0 Å². The van der Waals surface area contributed by atoms with Gasteiger partial charge in [0.25, 0.3) is 0 Å². The molecule has 1 aromatic carbocycles. The molecule has 1 rings (SSSR count). The second kappa shape index (κ2) is 4.33. The molecule has 0 saturated carbocycles. The van der Waals surface area contributed by atoms with Crippen LogP contribution in [-0.2, 0) is 0 Å². The third-order valence-electron chi connectivity index (χ3n) is 1.95. The molecule has 3 nitrogen and oxygen atoms in total. The highest BCUT2D eigenvalue weighted by Crippen LogP contribution is 2.36. The molecule has 0 aliphatic carbocycles. The maximum Gasteiger partial charge on any atom is 0.157 e. The van der Waals surface area contributed by atoms with Crippen LogP contribution in [0, 0.1) is 6.92 Å². The van der Waals surface area contributed by atoms with Crippen LogP contribution in [0.15, 0.2) is 6.07 Å². The van der Waals surface area contributed by atoms with Crippen LogP contribution in [-0.4, -0.2) is 20.5 Å². The Balaban J connectivity index is 3.49. The third kappa shape index (κ3) is 1.68. The minimum atomic E-state index is 0.339. The molecule has 0 amide bonds. The van der Waals surface area contributed by atoms with Crippen molar-refractivity contribution in [1.29, 1.82) is 0 Å². The van der Waals surface area contributed by atoms with Gasteiger partial charge in [-0.05, 0) is 18.6 Å². The smallest absolute Gasteiger partial charge is 0.157 e. The van der Waals surface area contributed by atoms with Gasteiger partial charge in [0.15, 0.2) is 12.0 Å². The Hall–Kier alpha value is -1.22. The summed E-state index contributed by atoms with van der Waals surface area (Å²) in [6, 6.07) is 1.70. The predicted molar refractivity (Wildman–Crippen MR) is 54.7 cm³/mol. The molecule has 0 aliphatic rings. The van der Waals surface area contributed by atoms with Gasteiger partial charge in [0, 0.05) is 0 Å². The van der Waals surface area contributed by atoms with E-state index in [2.05, 4.69) is 0 Å². The van der Waals surface area contributed by atoms with E-state index in [9.17, 15) is 4.79 Å². The van der Waals surface area contributed by atoms with Gasteiger partial charge in [-0.3, -0.25) is 4.79 Å². The largest absolute Gasteiger partial charge is 0.496 e. The van der Waals surface area contributed by atoms with Crippen LogP contribution in [0.2, 0.25) is 5.02 Å². The van der Waals surface area contributed by atoms with Gasteiger partial charge in [0.1, 0.15) is 5.75 Å². The number of aryl methyl sites for hydroxylation is 1. The van der Waals surface area contributed by atoms with E-state index in [1.54, 1.807) is 6.07 Å². The fourth-order valence-corrected chi connectivity index (χ4v) is 1.46. The van der Waals surface area contributed by atoms with E-state index in [0.717, 1.165) is 5.56 Å². The molecular formula is C10H11ClO3. The number of aldehydes is 1. The van der Waals surface area contributed by atoms with Crippen LogP contribution in [0.3, 0.4) is 0 Å². The summed E-state index contributed by atoms with van der Waals surface area (Å²) in [6.45, 7) is 1.82. The first-order valence-corrected chi connectivity index (χ1v) is 4.39. The number of carbonyl (C=O) groups is 1.